The quantitative estimate of drug-likeness (QED) is 0.687. The molecule has 0 aliphatic rings. The van der Waals surface area contributed by atoms with E-state index in [9.17, 15) is 14.3 Å². The number of aliphatic hydroxyl groups is 1. The first-order valence-corrected chi connectivity index (χ1v) is 7.40. The molecular formula is C18H17FN2O3. The number of rotatable bonds is 4. The lowest BCUT2D eigenvalue weighted by molar-refractivity contribution is 0.102. The standard InChI is InChI=1S/C18H17FN2O3/c1-10-5-12(19)7-15-14(10)8-16(21-15)18(23)20-13-3-4-17(24-2)11(6-13)9-22/h3-8,21-22H,9H2,1-2H3,(H,20,23). The Balaban J connectivity index is 1.89. The van der Waals surface area contributed by atoms with E-state index in [4.69, 9.17) is 4.74 Å². The van der Waals surface area contributed by atoms with E-state index in [1.165, 1.54) is 19.2 Å². The summed E-state index contributed by atoms with van der Waals surface area (Å²) < 4.78 is 18.6. The lowest BCUT2D eigenvalue weighted by Crippen LogP contribution is -2.12. The van der Waals surface area contributed by atoms with Crippen molar-refractivity contribution in [2.45, 2.75) is 13.5 Å². The molecule has 0 radical (unpaired) electrons. The number of methoxy groups -OCH3 is 1. The van der Waals surface area contributed by atoms with Gasteiger partial charge in [-0.3, -0.25) is 4.79 Å². The summed E-state index contributed by atoms with van der Waals surface area (Å²) in [7, 11) is 1.51. The van der Waals surface area contributed by atoms with Gasteiger partial charge in [-0.1, -0.05) is 0 Å². The first-order chi connectivity index (χ1) is 11.5. The molecule has 0 unspecified atom stereocenters. The van der Waals surface area contributed by atoms with Crippen LogP contribution in [-0.2, 0) is 6.61 Å². The number of hydrogen-bond acceptors (Lipinski definition) is 3. The molecular weight excluding hydrogens is 311 g/mol. The van der Waals surface area contributed by atoms with Gasteiger partial charge in [0, 0.05) is 22.2 Å². The molecule has 0 aliphatic carbocycles. The maximum absolute atomic E-state index is 13.5. The highest BCUT2D eigenvalue weighted by Crippen LogP contribution is 2.24. The number of aliphatic hydroxyl groups excluding tert-OH is 1. The Labute approximate surface area is 138 Å². The number of halogens is 1. The van der Waals surface area contributed by atoms with Crippen LogP contribution in [0.5, 0.6) is 5.75 Å². The molecule has 0 atom stereocenters. The van der Waals surface area contributed by atoms with Gasteiger partial charge in [-0.15, -0.1) is 0 Å². The Morgan fingerprint density at radius 1 is 1.29 bits per heavy atom. The Kier molecular flexibility index (Phi) is 4.22. The molecule has 2 aromatic carbocycles. The highest BCUT2D eigenvalue weighted by molar-refractivity contribution is 6.06. The van der Waals surface area contributed by atoms with Gasteiger partial charge in [-0.25, -0.2) is 4.39 Å². The largest absolute Gasteiger partial charge is 0.496 e. The van der Waals surface area contributed by atoms with Crippen LogP contribution in [0.3, 0.4) is 0 Å². The highest BCUT2D eigenvalue weighted by atomic mass is 19.1. The average molecular weight is 328 g/mol. The number of anilines is 1. The van der Waals surface area contributed by atoms with Gasteiger partial charge in [0.1, 0.15) is 17.3 Å². The fourth-order valence-electron chi connectivity index (χ4n) is 2.68. The van der Waals surface area contributed by atoms with E-state index >= 15 is 0 Å². The van der Waals surface area contributed by atoms with Crippen molar-refractivity contribution < 1.29 is 19.0 Å². The van der Waals surface area contributed by atoms with Gasteiger partial charge in [0.25, 0.3) is 5.91 Å². The summed E-state index contributed by atoms with van der Waals surface area (Å²) >= 11 is 0. The van der Waals surface area contributed by atoms with Crippen molar-refractivity contribution >= 4 is 22.5 Å². The van der Waals surface area contributed by atoms with Gasteiger partial charge in [-0.05, 0) is 48.9 Å². The van der Waals surface area contributed by atoms with Crippen LogP contribution in [0, 0.1) is 12.7 Å². The van der Waals surface area contributed by atoms with Crippen LogP contribution in [-0.4, -0.2) is 23.1 Å². The van der Waals surface area contributed by atoms with Crippen molar-refractivity contribution in [2.75, 3.05) is 12.4 Å². The van der Waals surface area contributed by atoms with Gasteiger partial charge in [0.2, 0.25) is 0 Å². The third-order valence-corrected chi connectivity index (χ3v) is 3.86. The minimum atomic E-state index is -0.350. The number of hydrogen-bond donors (Lipinski definition) is 3. The lowest BCUT2D eigenvalue weighted by Gasteiger charge is -2.09. The number of nitrogens with one attached hydrogen (secondary N) is 2. The van der Waals surface area contributed by atoms with Crippen molar-refractivity contribution in [3.63, 3.8) is 0 Å². The van der Waals surface area contributed by atoms with Crippen LogP contribution in [0.4, 0.5) is 10.1 Å². The topological polar surface area (TPSA) is 74.3 Å². The Morgan fingerprint density at radius 3 is 2.79 bits per heavy atom. The Morgan fingerprint density at radius 2 is 2.08 bits per heavy atom. The molecule has 24 heavy (non-hydrogen) atoms. The fraction of sp³-hybridized carbons (Fsp3) is 0.167. The molecule has 0 saturated carbocycles. The number of H-pyrrole nitrogens is 1. The van der Waals surface area contributed by atoms with Crippen molar-refractivity contribution in [3.05, 3.63) is 59.0 Å². The van der Waals surface area contributed by atoms with Crippen LogP contribution in [0.15, 0.2) is 36.4 Å². The van der Waals surface area contributed by atoms with Crippen LogP contribution in [0.2, 0.25) is 0 Å². The van der Waals surface area contributed by atoms with Crippen molar-refractivity contribution in [1.82, 2.24) is 4.98 Å². The van der Waals surface area contributed by atoms with E-state index in [0.29, 0.717) is 28.2 Å². The fourth-order valence-corrected chi connectivity index (χ4v) is 2.68. The highest BCUT2D eigenvalue weighted by Gasteiger charge is 2.13. The van der Waals surface area contributed by atoms with Crippen LogP contribution in [0.1, 0.15) is 21.6 Å². The summed E-state index contributed by atoms with van der Waals surface area (Å²) in [5.74, 6) is -0.149. The maximum atomic E-state index is 13.5. The van der Waals surface area contributed by atoms with E-state index in [1.54, 1.807) is 31.2 Å². The molecule has 3 rings (SSSR count). The second-order valence-corrected chi connectivity index (χ2v) is 5.51. The third-order valence-electron chi connectivity index (χ3n) is 3.86. The number of benzene rings is 2. The Bertz CT molecular complexity index is 918. The van der Waals surface area contributed by atoms with Crippen molar-refractivity contribution in [2.24, 2.45) is 0 Å². The predicted octanol–water partition coefficient (Wildman–Crippen LogP) is 3.37. The van der Waals surface area contributed by atoms with Gasteiger partial charge in [0.15, 0.2) is 0 Å². The van der Waals surface area contributed by atoms with Gasteiger partial charge in [-0.2, -0.15) is 0 Å². The van der Waals surface area contributed by atoms with E-state index in [-0.39, 0.29) is 18.3 Å². The van der Waals surface area contributed by atoms with E-state index in [1.807, 2.05) is 0 Å². The zero-order valence-electron chi connectivity index (χ0n) is 13.3. The summed E-state index contributed by atoms with van der Waals surface area (Å²) in [6, 6.07) is 9.47. The average Bonchev–Trinajstić information content (AvgIpc) is 2.99. The zero-order chi connectivity index (χ0) is 17.3. The number of aromatic amines is 1. The first kappa shape index (κ1) is 16.0. The molecule has 0 spiro atoms. The molecule has 0 fully saturated rings. The minimum Gasteiger partial charge on any atom is -0.496 e. The summed E-state index contributed by atoms with van der Waals surface area (Å²) in [4.78, 5) is 15.3. The molecule has 124 valence electrons. The molecule has 0 bridgehead atoms. The first-order valence-electron chi connectivity index (χ1n) is 7.40. The summed E-state index contributed by atoms with van der Waals surface area (Å²) in [5, 5.41) is 12.9. The number of amides is 1. The van der Waals surface area contributed by atoms with Crippen molar-refractivity contribution in [3.8, 4) is 5.75 Å². The molecule has 3 aromatic rings. The van der Waals surface area contributed by atoms with Crippen LogP contribution in [0.25, 0.3) is 10.9 Å². The second kappa shape index (κ2) is 6.33. The van der Waals surface area contributed by atoms with Crippen molar-refractivity contribution in [1.29, 1.82) is 0 Å². The summed E-state index contributed by atoms with van der Waals surface area (Å²) in [6.07, 6.45) is 0. The van der Waals surface area contributed by atoms with E-state index in [0.717, 1.165) is 10.9 Å². The molecule has 1 amide bonds. The van der Waals surface area contributed by atoms with E-state index in [2.05, 4.69) is 10.3 Å². The molecule has 1 heterocycles. The second-order valence-electron chi connectivity index (χ2n) is 5.51. The summed E-state index contributed by atoms with van der Waals surface area (Å²) in [6.45, 7) is 1.59. The van der Waals surface area contributed by atoms with Crippen LogP contribution >= 0.6 is 0 Å². The number of aryl methyl sites for hydroxylation is 1. The molecule has 6 heteroatoms. The number of carbonyl (C=O) groups is 1. The van der Waals surface area contributed by atoms with Crippen LogP contribution < -0.4 is 10.1 Å². The Hall–Kier alpha value is -2.86. The van der Waals surface area contributed by atoms with Gasteiger partial charge >= 0.3 is 0 Å². The summed E-state index contributed by atoms with van der Waals surface area (Å²) in [5.41, 5.74) is 2.77. The van der Waals surface area contributed by atoms with E-state index < -0.39 is 0 Å². The number of fused-ring (bicyclic) bond motifs is 1. The minimum absolute atomic E-state index is 0.197. The number of carbonyl (C=O) groups excluding carboxylic acids is 1. The predicted molar refractivity (Wildman–Crippen MR) is 89.9 cm³/mol. The smallest absolute Gasteiger partial charge is 0.272 e. The maximum Gasteiger partial charge on any atom is 0.272 e. The number of aromatic nitrogens is 1. The van der Waals surface area contributed by atoms with Gasteiger partial charge < -0.3 is 20.1 Å². The SMILES string of the molecule is COc1ccc(NC(=O)c2cc3c(C)cc(F)cc3[nH]2)cc1CO. The third kappa shape index (κ3) is 2.96. The lowest BCUT2D eigenvalue weighted by atomic mass is 10.1. The molecule has 1 aromatic heterocycles. The molecule has 5 nitrogen and oxygen atoms in total. The molecule has 0 aliphatic heterocycles. The van der Waals surface area contributed by atoms with Gasteiger partial charge in [0.05, 0.1) is 13.7 Å². The monoisotopic (exact) mass is 328 g/mol. The zero-order valence-corrected chi connectivity index (χ0v) is 13.3. The molecule has 0 saturated heterocycles. The molecule has 3 N–H and O–H groups in total. The number of ether oxygens (including phenoxy) is 1. The normalized spacial score (nSPS) is 10.8.